The summed E-state index contributed by atoms with van der Waals surface area (Å²) in [5, 5.41) is 5.57. The zero-order valence-corrected chi connectivity index (χ0v) is 13.9. The van der Waals surface area contributed by atoms with E-state index in [-0.39, 0.29) is 18.4 Å². The lowest BCUT2D eigenvalue weighted by molar-refractivity contribution is -0.120. The lowest BCUT2D eigenvalue weighted by Gasteiger charge is -2.15. The quantitative estimate of drug-likeness (QED) is 0.736. The van der Waals surface area contributed by atoms with Crippen molar-refractivity contribution < 1.29 is 9.59 Å². The number of unbranched alkanes of at least 4 members (excludes halogenated alkanes) is 1. The van der Waals surface area contributed by atoms with Crippen LogP contribution in [0.15, 0.2) is 24.3 Å². The Morgan fingerprint density at radius 1 is 1.18 bits per heavy atom. The molecule has 2 N–H and O–H groups in total. The van der Waals surface area contributed by atoms with E-state index in [4.69, 9.17) is 0 Å². The van der Waals surface area contributed by atoms with E-state index in [0.717, 1.165) is 18.4 Å². The fourth-order valence-electron chi connectivity index (χ4n) is 2.31. The normalized spacial score (nSPS) is 11.8. The molecule has 1 rings (SSSR count). The second-order valence-electron chi connectivity index (χ2n) is 5.77. The van der Waals surface area contributed by atoms with E-state index in [1.807, 2.05) is 25.1 Å². The van der Waals surface area contributed by atoms with Crippen LogP contribution in [-0.2, 0) is 4.79 Å². The molecule has 1 atom stereocenters. The predicted octanol–water partition coefficient (Wildman–Crippen LogP) is 3.06. The molecule has 0 saturated heterocycles. The third kappa shape index (κ3) is 6.74. The lowest BCUT2D eigenvalue weighted by Crippen LogP contribution is -2.38. The minimum atomic E-state index is -0.211. The molecule has 4 nitrogen and oxygen atoms in total. The number of nitrogens with one attached hydrogen (secondary N) is 2. The van der Waals surface area contributed by atoms with Gasteiger partial charge in [-0.15, -0.1) is 0 Å². The van der Waals surface area contributed by atoms with E-state index in [1.54, 1.807) is 6.07 Å². The summed E-state index contributed by atoms with van der Waals surface area (Å²) < 4.78 is 0. The Labute approximate surface area is 133 Å². The minimum Gasteiger partial charge on any atom is -0.354 e. The van der Waals surface area contributed by atoms with Crippen LogP contribution < -0.4 is 10.6 Å². The maximum absolute atomic E-state index is 11.9. The first-order valence-electron chi connectivity index (χ1n) is 8.18. The summed E-state index contributed by atoms with van der Waals surface area (Å²) >= 11 is 0. The number of hydrogen-bond donors (Lipinski definition) is 2. The molecule has 2 amide bonds. The smallest absolute Gasteiger partial charge is 0.251 e. The van der Waals surface area contributed by atoms with Gasteiger partial charge < -0.3 is 10.6 Å². The highest BCUT2D eigenvalue weighted by Gasteiger charge is 2.10. The van der Waals surface area contributed by atoms with E-state index in [2.05, 4.69) is 24.5 Å². The molecule has 1 aromatic rings. The first-order chi connectivity index (χ1) is 10.6. The van der Waals surface area contributed by atoms with Gasteiger partial charge in [0.1, 0.15) is 0 Å². The van der Waals surface area contributed by atoms with Crippen molar-refractivity contribution in [3.63, 3.8) is 0 Å². The van der Waals surface area contributed by atoms with Gasteiger partial charge in [-0.3, -0.25) is 9.59 Å². The molecular weight excluding hydrogens is 276 g/mol. The molecule has 0 radical (unpaired) electrons. The number of aryl methyl sites for hydroxylation is 1. The second-order valence-corrected chi connectivity index (χ2v) is 5.77. The third-order valence-corrected chi connectivity index (χ3v) is 3.82. The summed E-state index contributed by atoms with van der Waals surface area (Å²) in [5.74, 6) is 0.184. The lowest BCUT2D eigenvalue weighted by atomic mass is 9.99. The van der Waals surface area contributed by atoms with Gasteiger partial charge in [0.2, 0.25) is 5.91 Å². The zero-order chi connectivity index (χ0) is 16.4. The van der Waals surface area contributed by atoms with Crippen molar-refractivity contribution in [2.75, 3.05) is 13.1 Å². The number of carbonyl (C=O) groups excluding carboxylic acids is 2. The van der Waals surface area contributed by atoms with Crippen LogP contribution in [0, 0.1) is 12.8 Å². The topological polar surface area (TPSA) is 58.2 Å². The van der Waals surface area contributed by atoms with Crippen LogP contribution >= 0.6 is 0 Å². The van der Waals surface area contributed by atoms with Crippen LogP contribution in [0.4, 0.5) is 0 Å². The number of amides is 2. The van der Waals surface area contributed by atoms with Crippen molar-refractivity contribution in [1.29, 1.82) is 0 Å². The van der Waals surface area contributed by atoms with Crippen molar-refractivity contribution in [3.05, 3.63) is 35.4 Å². The van der Waals surface area contributed by atoms with Crippen molar-refractivity contribution >= 4 is 11.8 Å². The standard InChI is InChI=1S/C18H28N2O2/c1-4-6-9-15(5-2)12-19-17(21)13-20-18(22)16-10-7-8-14(3)11-16/h7-8,10-11,15H,4-6,9,12-13H2,1-3H3,(H,19,21)(H,20,22). The molecular formula is C18H28N2O2. The first-order valence-corrected chi connectivity index (χ1v) is 8.18. The van der Waals surface area contributed by atoms with E-state index in [0.29, 0.717) is 18.0 Å². The van der Waals surface area contributed by atoms with Gasteiger partial charge >= 0.3 is 0 Å². The maximum Gasteiger partial charge on any atom is 0.251 e. The van der Waals surface area contributed by atoms with E-state index in [1.165, 1.54) is 12.8 Å². The summed E-state index contributed by atoms with van der Waals surface area (Å²) in [6.07, 6.45) is 4.58. The van der Waals surface area contributed by atoms with Crippen molar-refractivity contribution in [1.82, 2.24) is 10.6 Å². The first kappa shape index (κ1) is 18.2. The van der Waals surface area contributed by atoms with Gasteiger partial charge in [0.15, 0.2) is 0 Å². The molecule has 1 unspecified atom stereocenters. The van der Waals surface area contributed by atoms with Crippen LogP contribution in [0.3, 0.4) is 0 Å². The molecule has 0 spiro atoms. The second kappa shape index (κ2) is 9.98. The summed E-state index contributed by atoms with van der Waals surface area (Å²) in [6.45, 7) is 6.97. The molecule has 22 heavy (non-hydrogen) atoms. The maximum atomic E-state index is 11.9. The van der Waals surface area contributed by atoms with Gasteiger partial charge in [0.05, 0.1) is 6.54 Å². The van der Waals surface area contributed by atoms with Crippen molar-refractivity contribution in [2.45, 2.75) is 46.5 Å². The van der Waals surface area contributed by atoms with Gasteiger partial charge in [-0.1, -0.05) is 50.8 Å². The minimum absolute atomic E-state index is 0.0248. The van der Waals surface area contributed by atoms with Crippen LogP contribution in [0.25, 0.3) is 0 Å². The third-order valence-electron chi connectivity index (χ3n) is 3.82. The zero-order valence-electron chi connectivity index (χ0n) is 13.9. The monoisotopic (exact) mass is 304 g/mol. The van der Waals surface area contributed by atoms with E-state index in [9.17, 15) is 9.59 Å². The van der Waals surface area contributed by atoms with Crippen LogP contribution in [0.2, 0.25) is 0 Å². The number of benzene rings is 1. The summed E-state index contributed by atoms with van der Waals surface area (Å²) in [6, 6.07) is 7.33. The molecule has 122 valence electrons. The summed E-state index contributed by atoms with van der Waals surface area (Å²) in [7, 11) is 0. The Bertz CT molecular complexity index is 486. The van der Waals surface area contributed by atoms with Gasteiger partial charge in [0.25, 0.3) is 5.91 Å². The number of rotatable bonds is 9. The van der Waals surface area contributed by atoms with Gasteiger partial charge in [-0.2, -0.15) is 0 Å². The SMILES string of the molecule is CCCCC(CC)CNC(=O)CNC(=O)c1cccc(C)c1. The van der Waals surface area contributed by atoms with Gasteiger partial charge in [-0.25, -0.2) is 0 Å². The highest BCUT2D eigenvalue weighted by atomic mass is 16.2. The fraction of sp³-hybridized carbons (Fsp3) is 0.556. The molecule has 0 aromatic heterocycles. The summed E-state index contributed by atoms with van der Waals surface area (Å²) in [4.78, 5) is 23.8. The highest BCUT2D eigenvalue weighted by Crippen LogP contribution is 2.11. The van der Waals surface area contributed by atoms with Crippen LogP contribution in [-0.4, -0.2) is 24.9 Å². The van der Waals surface area contributed by atoms with Crippen molar-refractivity contribution in [3.8, 4) is 0 Å². The van der Waals surface area contributed by atoms with Crippen LogP contribution in [0.5, 0.6) is 0 Å². The average molecular weight is 304 g/mol. The average Bonchev–Trinajstić information content (AvgIpc) is 2.52. The number of carbonyl (C=O) groups is 2. The van der Waals surface area contributed by atoms with Crippen molar-refractivity contribution in [2.24, 2.45) is 5.92 Å². The molecule has 0 bridgehead atoms. The molecule has 0 aliphatic heterocycles. The Balaban J connectivity index is 2.32. The predicted molar refractivity (Wildman–Crippen MR) is 89.8 cm³/mol. The molecule has 0 saturated carbocycles. The molecule has 0 heterocycles. The molecule has 1 aromatic carbocycles. The van der Waals surface area contributed by atoms with Gasteiger partial charge in [-0.05, 0) is 31.4 Å². The highest BCUT2D eigenvalue weighted by molar-refractivity contribution is 5.96. The Hall–Kier alpha value is -1.84. The molecule has 0 aliphatic rings. The largest absolute Gasteiger partial charge is 0.354 e. The van der Waals surface area contributed by atoms with Gasteiger partial charge in [0, 0.05) is 12.1 Å². The van der Waals surface area contributed by atoms with Crippen LogP contribution in [0.1, 0.15) is 55.5 Å². The fourth-order valence-corrected chi connectivity index (χ4v) is 2.31. The summed E-state index contributed by atoms with van der Waals surface area (Å²) in [5.41, 5.74) is 1.61. The Morgan fingerprint density at radius 3 is 2.59 bits per heavy atom. The molecule has 0 aliphatic carbocycles. The van der Waals surface area contributed by atoms with E-state index < -0.39 is 0 Å². The number of hydrogen-bond acceptors (Lipinski definition) is 2. The Kier molecular flexibility index (Phi) is 8.26. The molecule has 0 fully saturated rings. The van der Waals surface area contributed by atoms with E-state index >= 15 is 0 Å². The molecule has 4 heteroatoms. The Morgan fingerprint density at radius 2 is 1.95 bits per heavy atom.